The number of carbonyl (C=O) groups is 1. The van der Waals surface area contributed by atoms with Gasteiger partial charge in [0.2, 0.25) is 0 Å². The third-order valence-corrected chi connectivity index (χ3v) is 4.13. The summed E-state index contributed by atoms with van der Waals surface area (Å²) in [6.45, 7) is 2.09. The summed E-state index contributed by atoms with van der Waals surface area (Å²) < 4.78 is 1.05. The topological polar surface area (TPSA) is 37.3 Å². The van der Waals surface area contributed by atoms with E-state index < -0.39 is 5.97 Å². The molecule has 4 heteroatoms. The SMILES string of the molecule is CCc1cc(Br)ccc1-c1ccc(C(=O)O)s1. The van der Waals surface area contributed by atoms with Gasteiger partial charge in [-0.3, -0.25) is 0 Å². The van der Waals surface area contributed by atoms with Crippen LogP contribution < -0.4 is 0 Å². The molecule has 2 aromatic rings. The molecule has 0 saturated carbocycles. The van der Waals surface area contributed by atoms with E-state index in [1.54, 1.807) is 6.07 Å². The van der Waals surface area contributed by atoms with Gasteiger partial charge in [0.15, 0.2) is 0 Å². The second-order valence-corrected chi connectivity index (χ2v) is 5.62. The monoisotopic (exact) mass is 310 g/mol. The largest absolute Gasteiger partial charge is 0.477 e. The number of carboxylic acids is 1. The lowest BCUT2D eigenvalue weighted by Gasteiger charge is -2.06. The molecular formula is C13H11BrO2S. The van der Waals surface area contributed by atoms with Crippen LogP contribution in [0.15, 0.2) is 34.8 Å². The second kappa shape index (κ2) is 5.02. The predicted octanol–water partition coefficient (Wildman–Crippen LogP) is 4.44. The van der Waals surface area contributed by atoms with Crippen LogP contribution in [0.2, 0.25) is 0 Å². The number of aromatic carboxylic acids is 1. The average Bonchev–Trinajstić information content (AvgIpc) is 2.78. The van der Waals surface area contributed by atoms with Gasteiger partial charge in [0.1, 0.15) is 4.88 Å². The molecule has 1 aromatic heterocycles. The van der Waals surface area contributed by atoms with Gasteiger partial charge in [-0.2, -0.15) is 0 Å². The van der Waals surface area contributed by atoms with E-state index in [9.17, 15) is 4.79 Å². The average molecular weight is 311 g/mol. The quantitative estimate of drug-likeness (QED) is 0.910. The van der Waals surface area contributed by atoms with E-state index in [0.29, 0.717) is 4.88 Å². The van der Waals surface area contributed by atoms with Crippen molar-refractivity contribution in [1.29, 1.82) is 0 Å². The summed E-state index contributed by atoms with van der Waals surface area (Å²) in [6.07, 6.45) is 0.926. The van der Waals surface area contributed by atoms with Gasteiger partial charge in [0.05, 0.1) is 0 Å². The van der Waals surface area contributed by atoms with Crippen LogP contribution in [-0.2, 0) is 6.42 Å². The molecule has 0 aliphatic rings. The Hall–Kier alpha value is -1.13. The normalized spacial score (nSPS) is 10.5. The molecule has 1 aromatic carbocycles. The summed E-state index contributed by atoms with van der Waals surface area (Å²) in [6, 6.07) is 9.62. The molecular weight excluding hydrogens is 300 g/mol. The molecule has 2 nitrogen and oxygen atoms in total. The third-order valence-electron chi connectivity index (χ3n) is 2.53. The highest BCUT2D eigenvalue weighted by Crippen LogP contribution is 2.32. The fourth-order valence-corrected chi connectivity index (χ4v) is 3.01. The lowest BCUT2D eigenvalue weighted by molar-refractivity contribution is 0.0702. The van der Waals surface area contributed by atoms with E-state index in [-0.39, 0.29) is 0 Å². The van der Waals surface area contributed by atoms with Crippen molar-refractivity contribution in [2.45, 2.75) is 13.3 Å². The van der Waals surface area contributed by atoms with Crippen LogP contribution in [0.3, 0.4) is 0 Å². The second-order valence-electron chi connectivity index (χ2n) is 3.62. The molecule has 0 bridgehead atoms. The molecule has 0 spiro atoms. The summed E-state index contributed by atoms with van der Waals surface area (Å²) >= 11 is 4.76. The number of carboxylic acid groups (broad SMARTS) is 1. The molecule has 0 atom stereocenters. The molecule has 0 amide bonds. The zero-order valence-electron chi connectivity index (χ0n) is 9.24. The lowest BCUT2D eigenvalue weighted by atomic mass is 10.0. The number of benzene rings is 1. The predicted molar refractivity (Wildman–Crippen MR) is 73.8 cm³/mol. The highest BCUT2D eigenvalue weighted by Gasteiger charge is 2.10. The molecule has 1 N–H and O–H groups in total. The summed E-state index contributed by atoms with van der Waals surface area (Å²) in [5, 5.41) is 8.92. The summed E-state index contributed by atoms with van der Waals surface area (Å²) in [5.74, 6) is -0.864. The van der Waals surface area contributed by atoms with E-state index in [0.717, 1.165) is 21.3 Å². The van der Waals surface area contributed by atoms with Gasteiger partial charge in [0, 0.05) is 9.35 Å². The zero-order valence-corrected chi connectivity index (χ0v) is 11.6. The van der Waals surface area contributed by atoms with E-state index >= 15 is 0 Å². The number of rotatable bonds is 3. The van der Waals surface area contributed by atoms with Crippen LogP contribution in [0.4, 0.5) is 0 Å². The standard InChI is InChI=1S/C13H11BrO2S/c1-2-8-7-9(14)3-4-10(8)11-5-6-12(17-11)13(15)16/h3-7H,2H2,1H3,(H,15,16). The van der Waals surface area contributed by atoms with Crippen molar-refractivity contribution in [3.63, 3.8) is 0 Å². The van der Waals surface area contributed by atoms with Gasteiger partial charge in [0.25, 0.3) is 0 Å². The van der Waals surface area contributed by atoms with Crippen molar-refractivity contribution >= 4 is 33.2 Å². The van der Waals surface area contributed by atoms with Crippen LogP contribution in [0, 0.1) is 0 Å². The highest BCUT2D eigenvalue weighted by atomic mass is 79.9. The van der Waals surface area contributed by atoms with Gasteiger partial charge in [-0.25, -0.2) is 4.79 Å². The van der Waals surface area contributed by atoms with Crippen LogP contribution in [0.25, 0.3) is 10.4 Å². The van der Waals surface area contributed by atoms with Crippen molar-refractivity contribution in [2.75, 3.05) is 0 Å². The minimum Gasteiger partial charge on any atom is -0.477 e. The van der Waals surface area contributed by atoms with Gasteiger partial charge in [-0.05, 0) is 41.8 Å². The Labute approximate surface area is 112 Å². The number of aryl methyl sites for hydroxylation is 1. The molecule has 0 saturated heterocycles. The smallest absolute Gasteiger partial charge is 0.345 e. The van der Waals surface area contributed by atoms with E-state index in [4.69, 9.17) is 5.11 Å². The van der Waals surface area contributed by atoms with Crippen molar-refractivity contribution in [3.8, 4) is 10.4 Å². The molecule has 0 unspecified atom stereocenters. The van der Waals surface area contributed by atoms with Gasteiger partial charge < -0.3 is 5.11 Å². The molecule has 0 radical (unpaired) electrons. The maximum absolute atomic E-state index is 10.9. The maximum Gasteiger partial charge on any atom is 0.345 e. The molecule has 0 fully saturated rings. The molecule has 88 valence electrons. The van der Waals surface area contributed by atoms with Crippen LogP contribution in [0.5, 0.6) is 0 Å². The van der Waals surface area contributed by atoms with E-state index in [1.165, 1.54) is 16.9 Å². The zero-order chi connectivity index (χ0) is 12.4. The van der Waals surface area contributed by atoms with Crippen molar-refractivity contribution in [2.24, 2.45) is 0 Å². The summed E-state index contributed by atoms with van der Waals surface area (Å²) in [4.78, 5) is 12.2. The number of hydrogen-bond acceptors (Lipinski definition) is 2. The summed E-state index contributed by atoms with van der Waals surface area (Å²) in [5.41, 5.74) is 2.34. The maximum atomic E-state index is 10.9. The minimum absolute atomic E-state index is 0.380. The van der Waals surface area contributed by atoms with Gasteiger partial charge >= 0.3 is 5.97 Å². The Morgan fingerprint density at radius 3 is 2.71 bits per heavy atom. The Morgan fingerprint density at radius 1 is 1.35 bits per heavy atom. The van der Waals surface area contributed by atoms with E-state index in [1.807, 2.05) is 18.2 Å². The third kappa shape index (κ3) is 2.58. The molecule has 1 heterocycles. The Bertz CT molecular complexity index is 560. The first kappa shape index (κ1) is 12.3. The number of hydrogen-bond donors (Lipinski definition) is 1. The summed E-state index contributed by atoms with van der Waals surface area (Å²) in [7, 11) is 0. The van der Waals surface area contributed by atoms with Crippen LogP contribution in [-0.4, -0.2) is 11.1 Å². The number of thiophene rings is 1. The van der Waals surface area contributed by atoms with Crippen molar-refractivity contribution in [3.05, 3.63) is 45.2 Å². The Morgan fingerprint density at radius 2 is 2.12 bits per heavy atom. The van der Waals surface area contributed by atoms with Crippen LogP contribution >= 0.6 is 27.3 Å². The Balaban J connectivity index is 2.48. The molecule has 17 heavy (non-hydrogen) atoms. The number of halogens is 1. The highest BCUT2D eigenvalue weighted by molar-refractivity contribution is 9.10. The lowest BCUT2D eigenvalue weighted by Crippen LogP contribution is -1.89. The molecule has 2 rings (SSSR count). The van der Waals surface area contributed by atoms with Crippen molar-refractivity contribution < 1.29 is 9.90 Å². The van der Waals surface area contributed by atoms with E-state index in [2.05, 4.69) is 28.9 Å². The first-order valence-electron chi connectivity index (χ1n) is 5.23. The van der Waals surface area contributed by atoms with Gasteiger partial charge in [-0.1, -0.05) is 28.9 Å². The first-order chi connectivity index (χ1) is 8.11. The fraction of sp³-hybridized carbons (Fsp3) is 0.154. The van der Waals surface area contributed by atoms with Gasteiger partial charge in [-0.15, -0.1) is 11.3 Å². The Kier molecular flexibility index (Phi) is 3.64. The van der Waals surface area contributed by atoms with Crippen LogP contribution in [0.1, 0.15) is 22.2 Å². The van der Waals surface area contributed by atoms with Crippen molar-refractivity contribution in [1.82, 2.24) is 0 Å². The molecule has 0 aliphatic heterocycles. The fourth-order valence-electron chi connectivity index (χ4n) is 1.69. The molecule has 0 aliphatic carbocycles. The minimum atomic E-state index is -0.864. The first-order valence-corrected chi connectivity index (χ1v) is 6.84.